The Balaban J connectivity index is 1.51. The lowest BCUT2D eigenvalue weighted by atomic mass is 9.50. The van der Waals surface area contributed by atoms with Crippen molar-refractivity contribution in [3.8, 4) is 0 Å². The molecule has 1 aromatic heterocycles. The minimum Gasteiger partial charge on any atom is -0.332 e. The van der Waals surface area contributed by atoms with Gasteiger partial charge in [-0.3, -0.25) is 0 Å². The van der Waals surface area contributed by atoms with Crippen molar-refractivity contribution in [1.29, 1.82) is 0 Å². The molecule has 3 nitrogen and oxygen atoms in total. The second-order valence-electron chi connectivity index (χ2n) is 7.42. The molecule has 1 aliphatic heterocycles. The van der Waals surface area contributed by atoms with Gasteiger partial charge in [0.15, 0.2) is 0 Å². The molecule has 0 aromatic carbocycles. The van der Waals surface area contributed by atoms with E-state index in [4.69, 9.17) is 0 Å². The van der Waals surface area contributed by atoms with Gasteiger partial charge in [-0.15, -0.1) is 0 Å². The molecule has 4 fully saturated rings. The first kappa shape index (κ1) is 10.9. The fraction of sp³-hybridized carbons (Fsp3) is 0.812. The smallest absolute Gasteiger partial charge is 0.126 e. The number of hydrogen-bond acceptors (Lipinski definition) is 2. The highest BCUT2D eigenvalue weighted by Gasteiger charge is 2.51. The van der Waals surface area contributed by atoms with E-state index in [1.807, 2.05) is 6.20 Å². The van der Waals surface area contributed by atoms with Crippen molar-refractivity contribution < 1.29 is 0 Å². The van der Waals surface area contributed by atoms with Crippen LogP contribution in [0.1, 0.15) is 44.0 Å². The van der Waals surface area contributed by atoms with Crippen LogP contribution in [0.15, 0.2) is 12.4 Å². The third kappa shape index (κ3) is 1.51. The molecule has 3 heteroatoms. The predicted molar refractivity (Wildman–Crippen MR) is 73.5 cm³/mol. The second kappa shape index (κ2) is 3.85. The topological polar surface area (TPSA) is 29.9 Å². The highest BCUT2D eigenvalue weighted by atomic mass is 15.2. The SMILES string of the molecule is c1cn2c(n1)C(C1C3CC4CC(C3)CC1C4)NCC2. The third-order valence-corrected chi connectivity index (χ3v) is 6.43. The van der Waals surface area contributed by atoms with Gasteiger partial charge >= 0.3 is 0 Å². The molecule has 0 radical (unpaired) electrons. The second-order valence-corrected chi connectivity index (χ2v) is 7.42. The Morgan fingerprint density at radius 1 is 1.05 bits per heavy atom. The summed E-state index contributed by atoms with van der Waals surface area (Å²) in [5, 5.41) is 3.81. The van der Waals surface area contributed by atoms with Gasteiger partial charge < -0.3 is 9.88 Å². The molecule has 4 aliphatic carbocycles. The molecule has 2 heterocycles. The maximum absolute atomic E-state index is 4.67. The number of nitrogens with zero attached hydrogens (tertiary/aromatic N) is 2. The van der Waals surface area contributed by atoms with Crippen molar-refractivity contribution >= 4 is 0 Å². The lowest BCUT2D eigenvalue weighted by Gasteiger charge is -2.56. The van der Waals surface area contributed by atoms with Gasteiger partial charge in [-0.25, -0.2) is 4.98 Å². The summed E-state index contributed by atoms with van der Waals surface area (Å²) in [6.07, 6.45) is 11.7. The van der Waals surface area contributed by atoms with Gasteiger partial charge in [0.25, 0.3) is 0 Å². The van der Waals surface area contributed by atoms with E-state index in [9.17, 15) is 0 Å². The molecular formula is C16H23N3. The monoisotopic (exact) mass is 257 g/mol. The van der Waals surface area contributed by atoms with E-state index in [0.29, 0.717) is 6.04 Å². The van der Waals surface area contributed by atoms with E-state index in [2.05, 4.69) is 21.1 Å². The van der Waals surface area contributed by atoms with Crippen molar-refractivity contribution in [1.82, 2.24) is 14.9 Å². The van der Waals surface area contributed by atoms with Crippen LogP contribution in [0.25, 0.3) is 0 Å². The van der Waals surface area contributed by atoms with Gasteiger partial charge in [-0.1, -0.05) is 0 Å². The normalized spacial score (nSPS) is 47.4. The van der Waals surface area contributed by atoms with Crippen molar-refractivity contribution in [3.05, 3.63) is 18.2 Å². The molecule has 1 aromatic rings. The van der Waals surface area contributed by atoms with E-state index in [0.717, 1.165) is 42.7 Å². The average Bonchev–Trinajstić information content (AvgIpc) is 2.86. The Morgan fingerprint density at radius 3 is 2.53 bits per heavy atom. The molecule has 102 valence electrons. The van der Waals surface area contributed by atoms with Gasteiger partial charge in [0.05, 0.1) is 6.04 Å². The average molecular weight is 257 g/mol. The van der Waals surface area contributed by atoms with E-state index in [-0.39, 0.29) is 0 Å². The Labute approximate surface area is 114 Å². The number of rotatable bonds is 1. The standard InChI is InChI=1S/C16H23N3/c1-3-19-4-2-18-16(19)15(17-1)14-12-6-10-5-11(8-12)9-13(14)7-10/h2,4,10-15,17H,1,3,5-9H2. The molecule has 1 N–H and O–H groups in total. The molecule has 5 aliphatic rings. The molecule has 0 spiro atoms. The van der Waals surface area contributed by atoms with Gasteiger partial charge in [0.2, 0.25) is 0 Å². The van der Waals surface area contributed by atoms with Crippen LogP contribution in [0.2, 0.25) is 0 Å². The summed E-state index contributed by atoms with van der Waals surface area (Å²) in [5.41, 5.74) is 0. The maximum Gasteiger partial charge on any atom is 0.126 e. The van der Waals surface area contributed by atoms with Crippen LogP contribution in [0.3, 0.4) is 0 Å². The van der Waals surface area contributed by atoms with Crippen LogP contribution in [0.5, 0.6) is 0 Å². The Morgan fingerprint density at radius 2 is 1.79 bits per heavy atom. The van der Waals surface area contributed by atoms with Crippen molar-refractivity contribution in [2.24, 2.45) is 29.6 Å². The van der Waals surface area contributed by atoms with Crippen LogP contribution >= 0.6 is 0 Å². The zero-order chi connectivity index (χ0) is 12.4. The fourth-order valence-corrected chi connectivity index (χ4v) is 6.04. The number of fused-ring (bicyclic) bond motifs is 1. The van der Waals surface area contributed by atoms with Crippen LogP contribution in [0, 0.1) is 29.6 Å². The summed E-state index contributed by atoms with van der Waals surface area (Å²) in [7, 11) is 0. The number of hydrogen-bond donors (Lipinski definition) is 1. The summed E-state index contributed by atoms with van der Waals surface area (Å²) in [6.45, 7) is 2.22. The van der Waals surface area contributed by atoms with Crippen molar-refractivity contribution in [2.45, 2.75) is 44.7 Å². The van der Waals surface area contributed by atoms with Crippen LogP contribution in [0.4, 0.5) is 0 Å². The van der Waals surface area contributed by atoms with E-state index in [1.54, 1.807) is 6.42 Å². The molecule has 4 bridgehead atoms. The molecule has 0 amide bonds. The highest BCUT2D eigenvalue weighted by Crippen LogP contribution is 2.59. The zero-order valence-electron chi connectivity index (χ0n) is 11.5. The van der Waals surface area contributed by atoms with Crippen LogP contribution in [-0.4, -0.2) is 16.1 Å². The van der Waals surface area contributed by atoms with Crippen molar-refractivity contribution in [3.63, 3.8) is 0 Å². The van der Waals surface area contributed by atoms with Gasteiger partial charge in [-0.2, -0.15) is 0 Å². The minimum absolute atomic E-state index is 0.541. The van der Waals surface area contributed by atoms with Crippen LogP contribution < -0.4 is 5.32 Å². The van der Waals surface area contributed by atoms with Gasteiger partial charge in [-0.05, 0) is 61.7 Å². The number of nitrogens with one attached hydrogen (secondary N) is 1. The van der Waals surface area contributed by atoms with Crippen LogP contribution in [-0.2, 0) is 6.54 Å². The Kier molecular flexibility index (Phi) is 2.21. The molecule has 0 saturated heterocycles. The quantitative estimate of drug-likeness (QED) is 0.838. The summed E-state index contributed by atoms with van der Waals surface area (Å²) in [5.74, 6) is 6.30. The number of imidazole rings is 1. The first-order valence-electron chi connectivity index (χ1n) is 8.13. The lowest BCUT2D eigenvalue weighted by molar-refractivity contribution is -0.0557. The maximum atomic E-state index is 4.67. The Bertz CT molecular complexity index is 464. The summed E-state index contributed by atoms with van der Waals surface area (Å²) in [6, 6.07) is 0.541. The summed E-state index contributed by atoms with van der Waals surface area (Å²) >= 11 is 0. The van der Waals surface area contributed by atoms with E-state index in [1.165, 1.54) is 31.5 Å². The molecule has 6 rings (SSSR count). The summed E-state index contributed by atoms with van der Waals surface area (Å²) < 4.78 is 2.38. The fourth-order valence-electron chi connectivity index (χ4n) is 6.04. The lowest BCUT2D eigenvalue weighted by Crippen LogP contribution is -2.51. The predicted octanol–water partition coefficient (Wildman–Crippen LogP) is 2.60. The first-order valence-corrected chi connectivity index (χ1v) is 8.13. The zero-order valence-corrected chi connectivity index (χ0v) is 11.5. The van der Waals surface area contributed by atoms with E-state index < -0.39 is 0 Å². The van der Waals surface area contributed by atoms with E-state index >= 15 is 0 Å². The highest BCUT2D eigenvalue weighted by molar-refractivity contribution is 5.10. The molecule has 4 saturated carbocycles. The van der Waals surface area contributed by atoms with Crippen molar-refractivity contribution in [2.75, 3.05) is 6.54 Å². The minimum atomic E-state index is 0.541. The Hall–Kier alpha value is -0.830. The first-order chi connectivity index (χ1) is 9.38. The molecular weight excluding hydrogens is 234 g/mol. The molecule has 19 heavy (non-hydrogen) atoms. The molecule has 1 atom stereocenters. The number of aromatic nitrogens is 2. The molecule has 1 unspecified atom stereocenters. The largest absolute Gasteiger partial charge is 0.332 e. The summed E-state index contributed by atoms with van der Waals surface area (Å²) in [4.78, 5) is 4.67. The van der Waals surface area contributed by atoms with Gasteiger partial charge in [0.1, 0.15) is 5.82 Å². The van der Waals surface area contributed by atoms with Gasteiger partial charge in [0, 0.05) is 25.5 Å². The third-order valence-electron chi connectivity index (χ3n) is 6.43.